The van der Waals surface area contributed by atoms with E-state index in [2.05, 4.69) is 71.7 Å². The van der Waals surface area contributed by atoms with Crippen molar-refractivity contribution in [2.24, 2.45) is 5.92 Å². The van der Waals surface area contributed by atoms with Gasteiger partial charge in [0, 0.05) is 49.6 Å². The van der Waals surface area contributed by atoms with Crippen LogP contribution in [-0.4, -0.2) is 35.1 Å². The number of anilines is 1. The summed E-state index contributed by atoms with van der Waals surface area (Å²) in [5.74, 6) is 1.78. The van der Waals surface area contributed by atoms with E-state index in [9.17, 15) is 0 Å². The summed E-state index contributed by atoms with van der Waals surface area (Å²) < 4.78 is 2.69. The summed E-state index contributed by atoms with van der Waals surface area (Å²) in [6, 6.07) is 20.8. The molecule has 1 N–H and O–H groups in total. The van der Waals surface area contributed by atoms with Crippen molar-refractivity contribution in [2.75, 3.05) is 18.4 Å². The molecule has 2 bridgehead atoms. The average molecular weight is 400 g/mol. The van der Waals surface area contributed by atoms with Gasteiger partial charge in [-0.1, -0.05) is 36.4 Å². The van der Waals surface area contributed by atoms with E-state index in [0.29, 0.717) is 12.1 Å². The van der Waals surface area contributed by atoms with Gasteiger partial charge in [-0.15, -0.1) is 11.3 Å². The number of nitrogens with zero attached hydrogens (tertiary/aromatic N) is 2. The summed E-state index contributed by atoms with van der Waals surface area (Å²) in [7, 11) is 0. The number of pyridine rings is 1. The lowest BCUT2D eigenvalue weighted by Crippen LogP contribution is -2.59. The zero-order chi connectivity index (χ0) is 19.4. The molecule has 2 aromatic carbocycles. The Morgan fingerprint density at radius 3 is 2.59 bits per heavy atom. The number of rotatable bonds is 3. The van der Waals surface area contributed by atoms with Crippen LogP contribution in [0.3, 0.4) is 0 Å². The van der Waals surface area contributed by atoms with Gasteiger partial charge in [0.25, 0.3) is 0 Å². The number of aromatic nitrogens is 1. The molecular formula is C25H25N3S. The first kappa shape index (κ1) is 17.4. The second-order valence-electron chi connectivity index (χ2n) is 8.50. The summed E-state index contributed by atoms with van der Waals surface area (Å²) >= 11 is 1.88. The zero-order valence-corrected chi connectivity index (χ0v) is 17.5. The minimum Gasteiger partial charge on any atom is -0.365 e. The largest absolute Gasteiger partial charge is 0.365 e. The van der Waals surface area contributed by atoms with E-state index < -0.39 is 0 Å². The molecule has 2 aromatic heterocycles. The van der Waals surface area contributed by atoms with E-state index in [4.69, 9.17) is 4.98 Å². The normalized spacial score (nSPS) is 26.2. The third-order valence-electron chi connectivity index (χ3n) is 6.97. The topological polar surface area (TPSA) is 28.2 Å². The minimum atomic E-state index is 0.516. The minimum absolute atomic E-state index is 0.516. The van der Waals surface area contributed by atoms with Gasteiger partial charge in [0.1, 0.15) is 5.82 Å². The van der Waals surface area contributed by atoms with Crippen molar-refractivity contribution >= 4 is 37.3 Å². The first-order valence-corrected chi connectivity index (χ1v) is 11.5. The Labute approximate surface area is 175 Å². The lowest BCUT2D eigenvalue weighted by atomic mass is 9.79. The van der Waals surface area contributed by atoms with Gasteiger partial charge in [-0.2, -0.15) is 0 Å². The number of benzene rings is 2. The molecule has 3 nitrogen and oxygen atoms in total. The molecule has 2 atom stereocenters. The highest BCUT2D eigenvalue weighted by Gasteiger charge is 2.39. The van der Waals surface area contributed by atoms with Gasteiger partial charge < -0.3 is 5.32 Å². The predicted octanol–water partition coefficient (Wildman–Crippen LogP) is 6.01. The quantitative estimate of drug-likeness (QED) is 0.457. The van der Waals surface area contributed by atoms with Crippen molar-refractivity contribution in [1.82, 2.24) is 9.88 Å². The van der Waals surface area contributed by atoms with Crippen molar-refractivity contribution in [3.8, 4) is 11.1 Å². The standard InChI is InChI=1S/C25H25N3S/c1-16-24(17-11-13-28(16)14-12-17)27-23-10-9-18(15-26-23)19-6-4-7-21-20-5-2-3-8-22(20)29-25(19)21/h2-10,15-17,24H,11-14H2,1H3,(H,26,27)/t16-,24-/m1/s1. The molecule has 4 heteroatoms. The van der Waals surface area contributed by atoms with Crippen LogP contribution in [0, 0.1) is 5.92 Å². The Morgan fingerprint density at radius 1 is 0.966 bits per heavy atom. The van der Waals surface area contributed by atoms with Gasteiger partial charge in [0.2, 0.25) is 0 Å². The van der Waals surface area contributed by atoms with Gasteiger partial charge in [-0.3, -0.25) is 4.90 Å². The number of nitrogens with one attached hydrogen (secondary N) is 1. The van der Waals surface area contributed by atoms with Crippen molar-refractivity contribution in [1.29, 1.82) is 0 Å². The van der Waals surface area contributed by atoms with Crippen molar-refractivity contribution in [2.45, 2.75) is 31.8 Å². The predicted molar refractivity (Wildman–Crippen MR) is 124 cm³/mol. The number of fused-ring (bicyclic) bond motifs is 6. The van der Waals surface area contributed by atoms with E-state index >= 15 is 0 Å². The maximum Gasteiger partial charge on any atom is 0.126 e. The molecule has 146 valence electrons. The summed E-state index contributed by atoms with van der Waals surface area (Å²) in [5, 5.41) is 6.43. The van der Waals surface area contributed by atoms with E-state index in [1.165, 1.54) is 57.2 Å². The average Bonchev–Trinajstić information content (AvgIpc) is 3.16. The van der Waals surface area contributed by atoms with Crippen LogP contribution in [0.4, 0.5) is 5.82 Å². The van der Waals surface area contributed by atoms with Gasteiger partial charge >= 0.3 is 0 Å². The van der Waals surface area contributed by atoms with Crippen LogP contribution in [0.2, 0.25) is 0 Å². The van der Waals surface area contributed by atoms with E-state index in [-0.39, 0.29) is 0 Å². The third kappa shape index (κ3) is 2.85. The lowest BCUT2D eigenvalue weighted by Gasteiger charge is -2.50. The van der Waals surface area contributed by atoms with Crippen molar-refractivity contribution < 1.29 is 0 Å². The monoisotopic (exact) mass is 399 g/mol. The second kappa shape index (κ2) is 6.82. The van der Waals surface area contributed by atoms with Crippen LogP contribution in [0.15, 0.2) is 60.8 Å². The number of hydrogen-bond acceptors (Lipinski definition) is 4. The highest BCUT2D eigenvalue weighted by Crippen LogP contribution is 2.40. The Bertz CT molecular complexity index is 1170. The highest BCUT2D eigenvalue weighted by atomic mass is 32.1. The van der Waals surface area contributed by atoms with Crippen LogP contribution < -0.4 is 5.32 Å². The van der Waals surface area contributed by atoms with E-state index in [1.54, 1.807) is 0 Å². The Balaban J connectivity index is 1.32. The fraction of sp³-hybridized carbons (Fsp3) is 0.320. The lowest BCUT2D eigenvalue weighted by molar-refractivity contribution is 0.0457. The molecular weight excluding hydrogens is 374 g/mol. The molecule has 29 heavy (non-hydrogen) atoms. The molecule has 0 amide bonds. The molecule has 3 aliphatic heterocycles. The molecule has 3 saturated heterocycles. The van der Waals surface area contributed by atoms with Gasteiger partial charge in [-0.25, -0.2) is 4.98 Å². The maximum absolute atomic E-state index is 4.80. The van der Waals surface area contributed by atoms with Gasteiger partial charge in [0.05, 0.1) is 0 Å². The summed E-state index contributed by atoms with van der Waals surface area (Å²) in [5.41, 5.74) is 2.47. The van der Waals surface area contributed by atoms with E-state index in [1.807, 2.05) is 17.5 Å². The first-order chi connectivity index (χ1) is 14.3. The smallest absolute Gasteiger partial charge is 0.126 e. The fourth-order valence-corrected chi connectivity index (χ4v) is 6.57. The van der Waals surface area contributed by atoms with Crippen LogP contribution >= 0.6 is 11.3 Å². The first-order valence-electron chi connectivity index (χ1n) is 10.7. The molecule has 5 heterocycles. The van der Waals surface area contributed by atoms with Crippen LogP contribution in [0.25, 0.3) is 31.3 Å². The number of piperidine rings is 3. The molecule has 4 aromatic rings. The molecule has 3 fully saturated rings. The second-order valence-corrected chi connectivity index (χ2v) is 9.55. The molecule has 7 rings (SSSR count). The molecule has 3 aliphatic rings. The van der Waals surface area contributed by atoms with Crippen molar-refractivity contribution in [3.05, 3.63) is 60.8 Å². The number of hydrogen-bond donors (Lipinski definition) is 1. The van der Waals surface area contributed by atoms with Crippen LogP contribution in [0.1, 0.15) is 19.8 Å². The molecule has 0 unspecified atom stereocenters. The maximum atomic E-state index is 4.80. The summed E-state index contributed by atoms with van der Waals surface area (Å²) in [6.45, 7) is 4.88. The fourth-order valence-electron chi connectivity index (χ4n) is 5.33. The summed E-state index contributed by atoms with van der Waals surface area (Å²) in [6.07, 6.45) is 4.66. The van der Waals surface area contributed by atoms with Crippen LogP contribution in [-0.2, 0) is 0 Å². The molecule has 0 spiro atoms. The van der Waals surface area contributed by atoms with E-state index in [0.717, 1.165) is 11.7 Å². The van der Waals surface area contributed by atoms with Gasteiger partial charge in [0.15, 0.2) is 0 Å². The third-order valence-corrected chi connectivity index (χ3v) is 8.19. The summed E-state index contributed by atoms with van der Waals surface area (Å²) in [4.78, 5) is 7.42. The van der Waals surface area contributed by atoms with Crippen LogP contribution in [0.5, 0.6) is 0 Å². The Hall–Kier alpha value is -2.43. The SMILES string of the molecule is C[C@@H]1[C@@H](Nc2ccc(-c3cccc4c3sc3ccccc34)cn2)C2CCN1CC2. The van der Waals surface area contributed by atoms with Crippen molar-refractivity contribution in [3.63, 3.8) is 0 Å². The number of thiophene rings is 1. The molecule has 0 aliphatic carbocycles. The highest BCUT2D eigenvalue weighted by molar-refractivity contribution is 7.26. The Kier molecular flexibility index (Phi) is 4.10. The zero-order valence-electron chi connectivity index (χ0n) is 16.6. The molecule has 0 radical (unpaired) electrons. The molecule has 0 saturated carbocycles. The Morgan fingerprint density at radius 2 is 1.79 bits per heavy atom. The van der Waals surface area contributed by atoms with Gasteiger partial charge in [-0.05, 0) is 57.0 Å².